The Morgan fingerprint density at radius 3 is 2.57 bits per heavy atom. The molecule has 1 heterocycles. The molecule has 0 saturated carbocycles. The van der Waals surface area contributed by atoms with Crippen LogP contribution in [0.25, 0.3) is 0 Å². The van der Waals surface area contributed by atoms with Gasteiger partial charge in [0, 0.05) is 30.6 Å². The molecular weight excluding hydrogens is 404 g/mol. The van der Waals surface area contributed by atoms with Gasteiger partial charge >= 0.3 is 0 Å². The highest BCUT2D eigenvalue weighted by Gasteiger charge is 2.26. The van der Waals surface area contributed by atoms with Crippen molar-refractivity contribution in [3.05, 3.63) is 88.8 Å². The first kappa shape index (κ1) is 21.5. The van der Waals surface area contributed by atoms with Crippen molar-refractivity contribution in [2.75, 3.05) is 14.2 Å². The summed E-state index contributed by atoms with van der Waals surface area (Å²) in [6.07, 6.45) is 1.77. The minimum atomic E-state index is -0.764. The number of amides is 2. The lowest BCUT2D eigenvalue weighted by molar-refractivity contribution is -0.132. The van der Waals surface area contributed by atoms with E-state index in [1.165, 1.54) is 6.26 Å². The maximum Gasteiger partial charge on any atom is 0.287 e. The van der Waals surface area contributed by atoms with Gasteiger partial charge in [-0.05, 0) is 35.9 Å². The quantitative estimate of drug-likeness (QED) is 0.592. The van der Waals surface area contributed by atoms with E-state index in [2.05, 4.69) is 5.32 Å². The molecule has 1 atom stereocenters. The lowest BCUT2D eigenvalue weighted by atomic mass is 10.0. The van der Waals surface area contributed by atoms with Crippen molar-refractivity contribution in [2.24, 2.45) is 0 Å². The van der Waals surface area contributed by atoms with E-state index in [-0.39, 0.29) is 18.2 Å². The van der Waals surface area contributed by atoms with Crippen LogP contribution in [0, 0.1) is 0 Å². The van der Waals surface area contributed by atoms with E-state index < -0.39 is 11.9 Å². The maximum atomic E-state index is 13.2. The van der Waals surface area contributed by atoms with Crippen LogP contribution in [0.2, 0.25) is 5.02 Å². The molecule has 0 fully saturated rings. The van der Waals surface area contributed by atoms with E-state index in [4.69, 9.17) is 20.8 Å². The minimum absolute atomic E-state index is 0.153. The summed E-state index contributed by atoms with van der Waals surface area (Å²) in [5.41, 5.74) is 1.71. The van der Waals surface area contributed by atoms with Gasteiger partial charge in [-0.3, -0.25) is 9.59 Å². The minimum Gasteiger partial charge on any atom is -0.496 e. The molecule has 1 aromatic heterocycles. The van der Waals surface area contributed by atoms with Gasteiger partial charge in [0.05, 0.1) is 13.4 Å². The second-order valence-electron chi connectivity index (χ2n) is 6.84. The van der Waals surface area contributed by atoms with E-state index in [0.29, 0.717) is 17.2 Å². The molecule has 7 heteroatoms. The molecule has 0 aliphatic carbocycles. The van der Waals surface area contributed by atoms with Crippen molar-refractivity contribution in [1.82, 2.24) is 10.2 Å². The third-order valence-electron chi connectivity index (χ3n) is 4.66. The van der Waals surface area contributed by atoms with Crippen LogP contribution in [0.1, 0.15) is 21.7 Å². The molecule has 1 N–H and O–H groups in total. The van der Waals surface area contributed by atoms with Crippen LogP contribution in [0.4, 0.5) is 0 Å². The van der Waals surface area contributed by atoms with Crippen LogP contribution in [0.3, 0.4) is 0 Å². The standard InChI is InChI=1S/C23H23ClN2O4/c1-26(15-17-14-18(24)10-11-20(17)29-2)23(28)19(13-16-7-4-3-5-8-16)25-22(27)21-9-6-12-30-21/h3-12,14,19H,13,15H2,1-2H3,(H,25,27). The number of methoxy groups -OCH3 is 1. The molecule has 1 unspecified atom stereocenters. The number of benzene rings is 2. The van der Waals surface area contributed by atoms with Crippen LogP contribution in [0.5, 0.6) is 5.75 Å². The number of ether oxygens (including phenoxy) is 1. The Morgan fingerprint density at radius 2 is 1.90 bits per heavy atom. The third kappa shape index (κ3) is 5.42. The molecule has 156 valence electrons. The van der Waals surface area contributed by atoms with Gasteiger partial charge < -0.3 is 19.4 Å². The zero-order chi connectivity index (χ0) is 21.5. The predicted molar refractivity (Wildman–Crippen MR) is 115 cm³/mol. The SMILES string of the molecule is COc1ccc(Cl)cc1CN(C)C(=O)C(Cc1ccccc1)NC(=O)c1ccco1. The zero-order valence-corrected chi connectivity index (χ0v) is 17.6. The number of halogens is 1. The van der Waals surface area contributed by atoms with Crippen LogP contribution >= 0.6 is 11.6 Å². The van der Waals surface area contributed by atoms with Crippen molar-refractivity contribution in [1.29, 1.82) is 0 Å². The van der Waals surface area contributed by atoms with E-state index in [9.17, 15) is 9.59 Å². The first-order valence-corrected chi connectivity index (χ1v) is 9.81. The lowest BCUT2D eigenvalue weighted by Gasteiger charge is -2.25. The number of furan rings is 1. The summed E-state index contributed by atoms with van der Waals surface area (Å²) in [5.74, 6) is 0.113. The van der Waals surface area contributed by atoms with Crippen LogP contribution < -0.4 is 10.1 Å². The van der Waals surface area contributed by atoms with Crippen LogP contribution in [-0.4, -0.2) is 36.9 Å². The zero-order valence-electron chi connectivity index (χ0n) is 16.8. The van der Waals surface area contributed by atoms with Gasteiger partial charge in [0.1, 0.15) is 11.8 Å². The van der Waals surface area contributed by atoms with E-state index in [0.717, 1.165) is 11.1 Å². The van der Waals surface area contributed by atoms with E-state index in [1.54, 1.807) is 49.4 Å². The highest BCUT2D eigenvalue weighted by atomic mass is 35.5. The number of likely N-dealkylation sites (N-methyl/N-ethyl adjacent to an activating group) is 1. The van der Waals surface area contributed by atoms with Crippen molar-refractivity contribution in [3.63, 3.8) is 0 Å². The summed E-state index contributed by atoms with van der Waals surface area (Å²) in [7, 11) is 3.25. The molecule has 0 radical (unpaired) electrons. The van der Waals surface area contributed by atoms with Crippen LogP contribution in [-0.2, 0) is 17.8 Å². The first-order chi connectivity index (χ1) is 14.5. The summed E-state index contributed by atoms with van der Waals surface area (Å²) in [6.45, 7) is 0.282. The van der Waals surface area contributed by atoms with Crippen molar-refractivity contribution >= 4 is 23.4 Å². The lowest BCUT2D eigenvalue weighted by Crippen LogP contribution is -2.48. The van der Waals surface area contributed by atoms with E-state index in [1.807, 2.05) is 30.3 Å². The fourth-order valence-electron chi connectivity index (χ4n) is 3.16. The topological polar surface area (TPSA) is 71.8 Å². The average molecular weight is 427 g/mol. The maximum absolute atomic E-state index is 13.2. The van der Waals surface area contributed by atoms with Gasteiger partial charge in [0.25, 0.3) is 5.91 Å². The predicted octanol–water partition coefficient (Wildman–Crippen LogP) is 3.94. The smallest absolute Gasteiger partial charge is 0.287 e. The molecule has 2 amide bonds. The number of nitrogens with zero attached hydrogens (tertiary/aromatic N) is 1. The number of carbonyl (C=O) groups excluding carboxylic acids is 2. The van der Waals surface area contributed by atoms with Gasteiger partial charge in [0.15, 0.2) is 5.76 Å². The third-order valence-corrected chi connectivity index (χ3v) is 4.89. The average Bonchev–Trinajstić information content (AvgIpc) is 3.29. The molecule has 0 aliphatic heterocycles. The van der Waals surface area contributed by atoms with Gasteiger partial charge in [0.2, 0.25) is 5.91 Å². The van der Waals surface area contributed by atoms with Crippen molar-refractivity contribution in [2.45, 2.75) is 19.0 Å². The normalized spacial score (nSPS) is 11.6. The van der Waals surface area contributed by atoms with Crippen LogP contribution in [0.15, 0.2) is 71.3 Å². The molecule has 0 bridgehead atoms. The summed E-state index contributed by atoms with van der Waals surface area (Å²) >= 11 is 6.11. The fourth-order valence-corrected chi connectivity index (χ4v) is 3.35. The first-order valence-electron chi connectivity index (χ1n) is 9.43. The number of hydrogen-bond acceptors (Lipinski definition) is 4. The Balaban J connectivity index is 1.79. The van der Waals surface area contributed by atoms with Crippen molar-refractivity contribution in [3.8, 4) is 5.75 Å². The Morgan fingerprint density at radius 1 is 1.13 bits per heavy atom. The Labute approximate surface area is 180 Å². The Kier molecular flexibility index (Phi) is 7.14. The molecule has 3 rings (SSSR count). The van der Waals surface area contributed by atoms with Gasteiger partial charge in [-0.25, -0.2) is 0 Å². The summed E-state index contributed by atoms with van der Waals surface area (Å²) in [6, 6.07) is 17.2. The molecule has 0 aliphatic rings. The monoisotopic (exact) mass is 426 g/mol. The number of hydrogen-bond donors (Lipinski definition) is 1. The van der Waals surface area contributed by atoms with Gasteiger partial charge in [-0.2, -0.15) is 0 Å². The summed E-state index contributed by atoms with van der Waals surface area (Å²) in [5, 5.41) is 3.35. The summed E-state index contributed by atoms with van der Waals surface area (Å²) < 4.78 is 10.5. The van der Waals surface area contributed by atoms with E-state index >= 15 is 0 Å². The molecule has 6 nitrogen and oxygen atoms in total. The highest BCUT2D eigenvalue weighted by molar-refractivity contribution is 6.30. The molecule has 30 heavy (non-hydrogen) atoms. The highest BCUT2D eigenvalue weighted by Crippen LogP contribution is 2.24. The fraction of sp³-hybridized carbons (Fsp3) is 0.217. The molecule has 0 saturated heterocycles. The number of nitrogens with one attached hydrogen (secondary N) is 1. The second-order valence-corrected chi connectivity index (χ2v) is 7.28. The summed E-state index contributed by atoms with van der Waals surface area (Å²) in [4.78, 5) is 27.3. The number of rotatable bonds is 8. The molecular formula is C23H23ClN2O4. The van der Waals surface area contributed by atoms with Crippen molar-refractivity contribution < 1.29 is 18.7 Å². The van der Waals surface area contributed by atoms with Gasteiger partial charge in [-0.1, -0.05) is 41.9 Å². The molecule has 0 spiro atoms. The largest absolute Gasteiger partial charge is 0.496 e. The Bertz CT molecular complexity index is 990. The number of carbonyl (C=O) groups is 2. The van der Waals surface area contributed by atoms with Gasteiger partial charge in [-0.15, -0.1) is 0 Å². The molecule has 2 aromatic carbocycles. The second kappa shape index (κ2) is 9.98. The Hall–Kier alpha value is -3.25. The molecule has 3 aromatic rings.